The molecule has 49 heavy (non-hydrogen) atoms. The van der Waals surface area contributed by atoms with E-state index in [-0.39, 0.29) is 5.41 Å². The second-order valence-electron chi connectivity index (χ2n) is 15.1. The number of hydrogen-bond acceptors (Lipinski definition) is 0. The van der Waals surface area contributed by atoms with Crippen molar-refractivity contribution in [3.63, 3.8) is 0 Å². The molecule has 3 rings (SSSR count). The maximum atomic E-state index is 2.85. The molecule has 0 amide bonds. The van der Waals surface area contributed by atoms with Crippen LogP contribution < -0.4 is 0 Å². The van der Waals surface area contributed by atoms with Gasteiger partial charge < -0.3 is 0 Å². The minimum absolute atomic E-state index is 0.0879. The zero-order valence-electron chi connectivity index (χ0n) is 31.7. The van der Waals surface area contributed by atoms with Crippen LogP contribution in [0.2, 0.25) is 0 Å². The third-order valence-corrected chi connectivity index (χ3v) is 11.5. The summed E-state index contributed by atoms with van der Waals surface area (Å²) in [5.74, 6) is 0. The minimum atomic E-state index is -0.0879. The first-order valence-electron chi connectivity index (χ1n) is 21.2. The van der Waals surface area contributed by atoms with E-state index in [1.165, 1.54) is 196 Å². The average Bonchev–Trinajstić information content (AvgIpc) is 3.15. The van der Waals surface area contributed by atoms with Gasteiger partial charge in [-0.05, 0) is 35.7 Å². The molecule has 0 radical (unpaired) electrons. The quantitative estimate of drug-likeness (QED) is 0.0349. The molecule has 0 saturated heterocycles. The highest BCUT2D eigenvalue weighted by molar-refractivity contribution is 7.16. The van der Waals surface area contributed by atoms with Crippen molar-refractivity contribution in [2.75, 3.05) is 6.16 Å². The standard InChI is InChI=1S/C48H75P/c49-44-36-25-23-21-19-17-15-13-11-9-7-5-3-1-2-4-6-8-10-12-14-16-18-20-22-24-35-43-48(45-37-29-26-30-38-45,46-39-31-27-32-40-46)47-41-33-28-34-42-47/h26-34,37-42H,1-25,35-36,43-44,49H2. The Hall–Kier alpha value is -1.91. The molecule has 0 fully saturated rings. The SMILES string of the molecule is PCCCCCCCCCCCCCCCCCCCCCCCCCCCCCC(c1ccccc1)(c1ccccc1)c1ccccc1. The monoisotopic (exact) mass is 683 g/mol. The summed E-state index contributed by atoms with van der Waals surface area (Å²) < 4.78 is 0. The first kappa shape index (κ1) is 41.5. The average molecular weight is 683 g/mol. The van der Waals surface area contributed by atoms with Crippen molar-refractivity contribution in [2.45, 2.75) is 185 Å². The van der Waals surface area contributed by atoms with Crippen LogP contribution in [-0.4, -0.2) is 6.16 Å². The number of rotatable bonds is 32. The molecule has 0 spiro atoms. The van der Waals surface area contributed by atoms with Crippen LogP contribution in [0.5, 0.6) is 0 Å². The Morgan fingerprint density at radius 2 is 0.469 bits per heavy atom. The molecule has 0 bridgehead atoms. The maximum Gasteiger partial charge on any atom is 0.0451 e. The van der Waals surface area contributed by atoms with Crippen LogP contribution in [0.1, 0.15) is 196 Å². The lowest BCUT2D eigenvalue weighted by molar-refractivity contribution is 0.490. The summed E-state index contributed by atoms with van der Waals surface area (Å²) in [5, 5.41) is 0. The van der Waals surface area contributed by atoms with E-state index in [1.807, 2.05) is 0 Å². The molecule has 0 heterocycles. The van der Waals surface area contributed by atoms with Crippen LogP contribution in [0.3, 0.4) is 0 Å². The Morgan fingerprint density at radius 3 is 0.694 bits per heavy atom. The lowest BCUT2D eigenvalue weighted by atomic mass is 9.66. The summed E-state index contributed by atoms with van der Waals surface area (Å²) in [6.45, 7) is 0. The normalized spacial score (nSPS) is 11.7. The predicted molar refractivity (Wildman–Crippen MR) is 223 cm³/mol. The third kappa shape index (κ3) is 17.7. The van der Waals surface area contributed by atoms with Crippen molar-refractivity contribution in [3.05, 3.63) is 108 Å². The van der Waals surface area contributed by atoms with Crippen molar-refractivity contribution < 1.29 is 0 Å². The van der Waals surface area contributed by atoms with Crippen LogP contribution in [0.15, 0.2) is 91.0 Å². The van der Waals surface area contributed by atoms with Gasteiger partial charge >= 0.3 is 0 Å². The molecule has 0 saturated carbocycles. The lowest BCUT2D eigenvalue weighted by Crippen LogP contribution is -2.29. The zero-order valence-corrected chi connectivity index (χ0v) is 32.9. The van der Waals surface area contributed by atoms with Crippen molar-refractivity contribution in [1.82, 2.24) is 0 Å². The van der Waals surface area contributed by atoms with Crippen molar-refractivity contribution in [3.8, 4) is 0 Å². The molecular weight excluding hydrogens is 608 g/mol. The first-order valence-corrected chi connectivity index (χ1v) is 22.1. The lowest BCUT2D eigenvalue weighted by Gasteiger charge is -2.36. The van der Waals surface area contributed by atoms with Crippen molar-refractivity contribution in [1.29, 1.82) is 0 Å². The minimum Gasteiger partial charge on any atom is -0.138 e. The van der Waals surface area contributed by atoms with Crippen LogP contribution in [-0.2, 0) is 5.41 Å². The third-order valence-electron chi connectivity index (χ3n) is 11.1. The zero-order chi connectivity index (χ0) is 34.3. The van der Waals surface area contributed by atoms with Gasteiger partial charge in [-0.15, -0.1) is 9.24 Å². The van der Waals surface area contributed by atoms with Gasteiger partial charge in [-0.3, -0.25) is 0 Å². The summed E-state index contributed by atoms with van der Waals surface area (Å²) in [6, 6.07) is 33.7. The van der Waals surface area contributed by atoms with Crippen LogP contribution in [0, 0.1) is 0 Å². The molecule has 3 aromatic carbocycles. The van der Waals surface area contributed by atoms with Gasteiger partial charge in [0.05, 0.1) is 0 Å². The van der Waals surface area contributed by atoms with E-state index in [9.17, 15) is 0 Å². The first-order chi connectivity index (χ1) is 24.4. The van der Waals surface area contributed by atoms with E-state index in [2.05, 4.69) is 100 Å². The Bertz CT molecular complexity index is 1010. The fourth-order valence-electron chi connectivity index (χ4n) is 8.05. The van der Waals surface area contributed by atoms with Crippen molar-refractivity contribution >= 4 is 9.24 Å². The molecule has 272 valence electrons. The van der Waals surface area contributed by atoms with Crippen LogP contribution >= 0.6 is 9.24 Å². The molecule has 0 aromatic heterocycles. The van der Waals surface area contributed by atoms with Gasteiger partial charge in [0.25, 0.3) is 0 Å². The topological polar surface area (TPSA) is 0 Å². The Balaban J connectivity index is 1.13. The molecular formula is C48H75P. The summed E-state index contributed by atoms with van der Waals surface area (Å²) in [4.78, 5) is 0. The fraction of sp³-hybridized carbons (Fsp3) is 0.625. The molecule has 1 atom stereocenters. The summed E-state index contributed by atoms with van der Waals surface area (Å²) in [7, 11) is 2.85. The van der Waals surface area contributed by atoms with E-state index in [0.29, 0.717) is 0 Å². The number of unbranched alkanes of at least 4 members (excludes halogenated alkanes) is 26. The molecule has 0 nitrogen and oxygen atoms in total. The second-order valence-corrected chi connectivity index (χ2v) is 15.7. The van der Waals surface area contributed by atoms with E-state index >= 15 is 0 Å². The van der Waals surface area contributed by atoms with Gasteiger partial charge in [-0.1, -0.05) is 258 Å². The largest absolute Gasteiger partial charge is 0.138 e. The number of hydrogen-bond donors (Lipinski definition) is 0. The van der Waals surface area contributed by atoms with E-state index in [1.54, 1.807) is 0 Å². The molecule has 1 unspecified atom stereocenters. The van der Waals surface area contributed by atoms with Gasteiger partial charge in [0.15, 0.2) is 0 Å². The van der Waals surface area contributed by atoms with E-state index in [4.69, 9.17) is 0 Å². The van der Waals surface area contributed by atoms with Gasteiger partial charge in [-0.2, -0.15) is 0 Å². The van der Waals surface area contributed by atoms with Crippen molar-refractivity contribution in [2.24, 2.45) is 0 Å². The summed E-state index contributed by atoms with van der Waals surface area (Å²) in [6.07, 6.45) is 41.4. The van der Waals surface area contributed by atoms with Gasteiger partial charge in [0, 0.05) is 5.41 Å². The molecule has 1 heteroatoms. The predicted octanol–water partition coefficient (Wildman–Crippen LogP) is 15.8. The molecule has 3 aromatic rings. The fourth-order valence-corrected chi connectivity index (χ4v) is 8.34. The Kier molecular flexibility index (Phi) is 24.4. The molecule has 0 aliphatic heterocycles. The Morgan fingerprint density at radius 1 is 0.265 bits per heavy atom. The molecule has 0 aliphatic rings. The second kappa shape index (κ2) is 28.8. The highest BCUT2D eigenvalue weighted by Gasteiger charge is 2.35. The van der Waals surface area contributed by atoms with Gasteiger partial charge in [-0.25, -0.2) is 0 Å². The smallest absolute Gasteiger partial charge is 0.0451 e. The Labute approximate surface area is 307 Å². The van der Waals surface area contributed by atoms with E-state index < -0.39 is 0 Å². The summed E-state index contributed by atoms with van der Waals surface area (Å²) >= 11 is 0. The number of benzene rings is 3. The summed E-state index contributed by atoms with van der Waals surface area (Å²) in [5.41, 5.74) is 4.15. The molecule has 0 N–H and O–H groups in total. The van der Waals surface area contributed by atoms with Gasteiger partial charge in [0.1, 0.15) is 0 Å². The maximum absolute atomic E-state index is 2.85. The van der Waals surface area contributed by atoms with Crippen LogP contribution in [0.4, 0.5) is 0 Å². The molecule has 0 aliphatic carbocycles. The van der Waals surface area contributed by atoms with E-state index in [0.717, 1.165) is 6.42 Å². The van der Waals surface area contributed by atoms with Crippen LogP contribution in [0.25, 0.3) is 0 Å². The highest BCUT2D eigenvalue weighted by atomic mass is 31.0. The highest BCUT2D eigenvalue weighted by Crippen LogP contribution is 2.43. The van der Waals surface area contributed by atoms with Gasteiger partial charge in [0.2, 0.25) is 0 Å².